The lowest BCUT2D eigenvalue weighted by Crippen LogP contribution is -2.41. The van der Waals surface area contributed by atoms with Gasteiger partial charge in [-0.1, -0.05) is 17.7 Å². The van der Waals surface area contributed by atoms with Gasteiger partial charge in [-0.05, 0) is 32.4 Å². The lowest BCUT2D eigenvalue weighted by Gasteiger charge is -2.12. The number of hydrogen-bond acceptors (Lipinski definition) is 4. The zero-order chi connectivity index (χ0) is 16.7. The van der Waals surface area contributed by atoms with Gasteiger partial charge in [-0.2, -0.15) is 0 Å². The van der Waals surface area contributed by atoms with Crippen molar-refractivity contribution in [2.75, 3.05) is 13.2 Å². The van der Waals surface area contributed by atoms with Gasteiger partial charge < -0.3 is 20.2 Å². The third-order valence-electron chi connectivity index (χ3n) is 3.46. The van der Waals surface area contributed by atoms with Crippen molar-refractivity contribution in [2.45, 2.75) is 32.7 Å². The maximum Gasteiger partial charge on any atom is 0.315 e. The van der Waals surface area contributed by atoms with Crippen molar-refractivity contribution in [2.24, 2.45) is 0 Å². The Labute approximate surface area is 135 Å². The second kappa shape index (κ2) is 8.33. The van der Waals surface area contributed by atoms with E-state index in [2.05, 4.69) is 15.6 Å². The molecule has 124 valence electrons. The number of oxazole rings is 1. The standard InChI is InChI=1S/C17H23N3O3/c1-12-3-5-14(6-4-12)16-20-15(11-23-16)7-9-18-17(22)19-13(2)8-10-21/h3-6,11,13,21H,7-10H2,1-2H3,(H2,18,19,22)/t13-/m1/s1. The number of urea groups is 1. The highest BCUT2D eigenvalue weighted by atomic mass is 16.3. The van der Waals surface area contributed by atoms with Crippen LogP contribution in [0.15, 0.2) is 34.9 Å². The second-order valence-corrected chi connectivity index (χ2v) is 5.57. The maximum absolute atomic E-state index is 11.6. The van der Waals surface area contributed by atoms with Crippen LogP contribution in [0.2, 0.25) is 0 Å². The molecule has 1 aromatic heterocycles. The van der Waals surface area contributed by atoms with Gasteiger partial charge in [0.2, 0.25) is 5.89 Å². The minimum absolute atomic E-state index is 0.0554. The molecular formula is C17H23N3O3. The number of aromatic nitrogens is 1. The summed E-state index contributed by atoms with van der Waals surface area (Å²) < 4.78 is 5.48. The van der Waals surface area contributed by atoms with Gasteiger partial charge in [0.25, 0.3) is 0 Å². The van der Waals surface area contributed by atoms with Crippen LogP contribution in [0.4, 0.5) is 4.79 Å². The van der Waals surface area contributed by atoms with E-state index < -0.39 is 0 Å². The van der Waals surface area contributed by atoms with Gasteiger partial charge >= 0.3 is 6.03 Å². The number of rotatable bonds is 7. The molecule has 1 atom stereocenters. The Hall–Kier alpha value is -2.34. The average molecular weight is 317 g/mol. The number of amides is 2. The van der Waals surface area contributed by atoms with Gasteiger partial charge in [0.05, 0.1) is 5.69 Å². The summed E-state index contributed by atoms with van der Waals surface area (Å²) in [5, 5.41) is 14.3. The Kier molecular flexibility index (Phi) is 6.17. The third kappa shape index (κ3) is 5.41. The Morgan fingerprint density at radius 2 is 2.09 bits per heavy atom. The molecule has 0 unspecified atom stereocenters. The van der Waals surface area contributed by atoms with E-state index >= 15 is 0 Å². The molecule has 0 bridgehead atoms. The summed E-state index contributed by atoms with van der Waals surface area (Å²) in [4.78, 5) is 16.1. The van der Waals surface area contributed by atoms with E-state index in [4.69, 9.17) is 9.52 Å². The SMILES string of the molecule is Cc1ccc(-c2nc(CCNC(=O)N[C@H](C)CCO)co2)cc1. The Morgan fingerprint density at radius 3 is 2.78 bits per heavy atom. The summed E-state index contributed by atoms with van der Waals surface area (Å²) in [5.74, 6) is 0.584. The minimum atomic E-state index is -0.242. The van der Waals surface area contributed by atoms with Crippen LogP contribution in [0.5, 0.6) is 0 Å². The highest BCUT2D eigenvalue weighted by molar-refractivity contribution is 5.74. The first-order valence-electron chi connectivity index (χ1n) is 7.75. The Bertz CT molecular complexity index is 622. The number of aryl methyl sites for hydroxylation is 1. The van der Waals surface area contributed by atoms with E-state index in [0.29, 0.717) is 25.3 Å². The van der Waals surface area contributed by atoms with Gasteiger partial charge in [0.15, 0.2) is 0 Å². The smallest absolute Gasteiger partial charge is 0.315 e. The number of hydrogen-bond donors (Lipinski definition) is 3. The summed E-state index contributed by atoms with van der Waals surface area (Å²) in [6, 6.07) is 7.67. The molecule has 0 aliphatic heterocycles. The van der Waals surface area contributed by atoms with Crippen LogP contribution >= 0.6 is 0 Å². The summed E-state index contributed by atoms with van der Waals surface area (Å²) >= 11 is 0. The lowest BCUT2D eigenvalue weighted by atomic mass is 10.1. The van der Waals surface area contributed by atoms with Crippen molar-refractivity contribution in [3.8, 4) is 11.5 Å². The van der Waals surface area contributed by atoms with E-state index in [9.17, 15) is 4.79 Å². The Morgan fingerprint density at radius 1 is 1.35 bits per heavy atom. The summed E-state index contributed by atoms with van der Waals surface area (Å²) in [6.45, 7) is 4.41. The molecule has 2 rings (SSSR count). The minimum Gasteiger partial charge on any atom is -0.444 e. The van der Waals surface area contributed by atoms with E-state index in [-0.39, 0.29) is 18.7 Å². The highest BCUT2D eigenvalue weighted by Gasteiger charge is 2.08. The van der Waals surface area contributed by atoms with Crippen LogP contribution in [0.1, 0.15) is 24.6 Å². The first kappa shape index (κ1) is 17.0. The van der Waals surface area contributed by atoms with Gasteiger partial charge in [0, 0.05) is 31.2 Å². The van der Waals surface area contributed by atoms with E-state index in [1.807, 2.05) is 38.1 Å². The van der Waals surface area contributed by atoms with Crippen molar-refractivity contribution in [3.63, 3.8) is 0 Å². The first-order chi connectivity index (χ1) is 11.1. The van der Waals surface area contributed by atoms with Crippen LogP contribution < -0.4 is 10.6 Å². The molecule has 2 aromatic rings. The molecule has 6 nitrogen and oxygen atoms in total. The molecule has 0 saturated carbocycles. The maximum atomic E-state index is 11.6. The molecular weight excluding hydrogens is 294 g/mol. The van der Waals surface area contributed by atoms with Crippen molar-refractivity contribution in [1.82, 2.24) is 15.6 Å². The highest BCUT2D eigenvalue weighted by Crippen LogP contribution is 2.19. The molecule has 0 fully saturated rings. The molecule has 23 heavy (non-hydrogen) atoms. The van der Waals surface area contributed by atoms with E-state index in [0.717, 1.165) is 11.3 Å². The predicted octanol–water partition coefficient (Wildman–Crippen LogP) is 2.26. The quantitative estimate of drug-likeness (QED) is 0.731. The third-order valence-corrected chi connectivity index (χ3v) is 3.46. The van der Waals surface area contributed by atoms with Crippen molar-refractivity contribution in [3.05, 3.63) is 41.8 Å². The molecule has 0 radical (unpaired) electrons. The van der Waals surface area contributed by atoms with Crippen LogP contribution in [-0.4, -0.2) is 35.3 Å². The monoisotopic (exact) mass is 317 g/mol. The Balaban J connectivity index is 1.79. The molecule has 0 aliphatic rings. The molecule has 0 aliphatic carbocycles. The predicted molar refractivity (Wildman–Crippen MR) is 88.1 cm³/mol. The molecule has 0 saturated heterocycles. The molecule has 1 heterocycles. The number of nitrogens with one attached hydrogen (secondary N) is 2. The summed E-state index contributed by atoms with van der Waals surface area (Å²) in [6.07, 6.45) is 2.75. The summed E-state index contributed by atoms with van der Waals surface area (Å²) in [5.41, 5.74) is 2.92. The fourth-order valence-corrected chi connectivity index (χ4v) is 2.10. The fourth-order valence-electron chi connectivity index (χ4n) is 2.10. The van der Waals surface area contributed by atoms with E-state index in [1.54, 1.807) is 6.26 Å². The number of benzene rings is 1. The molecule has 3 N–H and O–H groups in total. The zero-order valence-corrected chi connectivity index (χ0v) is 13.5. The number of aliphatic hydroxyl groups is 1. The second-order valence-electron chi connectivity index (χ2n) is 5.57. The molecule has 0 spiro atoms. The van der Waals surface area contributed by atoms with Gasteiger partial charge in [-0.25, -0.2) is 9.78 Å². The lowest BCUT2D eigenvalue weighted by molar-refractivity contribution is 0.231. The van der Waals surface area contributed by atoms with Gasteiger partial charge in [-0.3, -0.25) is 0 Å². The van der Waals surface area contributed by atoms with Crippen LogP contribution in [0, 0.1) is 6.92 Å². The molecule has 2 amide bonds. The van der Waals surface area contributed by atoms with Crippen LogP contribution in [0.25, 0.3) is 11.5 Å². The first-order valence-corrected chi connectivity index (χ1v) is 7.75. The number of aliphatic hydroxyl groups excluding tert-OH is 1. The van der Waals surface area contributed by atoms with Gasteiger partial charge in [-0.15, -0.1) is 0 Å². The fraction of sp³-hybridized carbons (Fsp3) is 0.412. The van der Waals surface area contributed by atoms with Crippen LogP contribution in [0.3, 0.4) is 0 Å². The number of nitrogens with zero attached hydrogens (tertiary/aromatic N) is 1. The van der Waals surface area contributed by atoms with Gasteiger partial charge in [0.1, 0.15) is 6.26 Å². The van der Waals surface area contributed by atoms with Crippen molar-refractivity contribution in [1.29, 1.82) is 0 Å². The number of carbonyl (C=O) groups is 1. The largest absolute Gasteiger partial charge is 0.444 e. The van der Waals surface area contributed by atoms with Crippen LogP contribution in [-0.2, 0) is 6.42 Å². The normalized spacial score (nSPS) is 12.0. The van der Waals surface area contributed by atoms with Crippen molar-refractivity contribution >= 4 is 6.03 Å². The molecule has 6 heteroatoms. The average Bonchev–Trinajstić information content (AvgIpc) is 2.97. The topological polar surface area (TPSA) is 87.4 Å². The molecule has 1 aromatic carbocycles. The van der Waals surface area contributed by atoms with E-state index in [1.165, 1.54) is 5.56 Å². The zero-order valence-electron chi connectivity index (χ0n) is 13.5. The van der Waals surface area contributed by atoms with Crippen molar-refractivity contribution < 1.29 is 14.3 Å². The summed E-state index contributed by atoms with van der Waals surface area (Å²) in [7, 11) is 0. The number of carbonyl (C=O) groups excluding carboxylic acids is 1.